The van der Waals surface area contributed by atoms with Crippen molar-refractivity contribution < 1.29 is 24.1 Å². The zero-order valence-corrected chi connectivity index (χ0v) is 10.3. The monoisotopic (exact) mass is 244 g/mol. The van der Waals surface area contributed by atoms with Gasteiger partial charge in [0.15, 0.2) is 0 Å². The molecule has 5 nitrogen and oxygen atoms in total. The van der Waals surface area contributed by atoms with Crippen molar-refractivity contribution in [3.8, 4) is 12.3 Å². The van der Waals surface area contributed by atoms with Crippen molar-refractivity contribution in [2.45, 2.75) is 38.4 Å². The lowest BCUT2D eigenvalue weighted by Gasteiger charge is -2.18. The van der Waals surface area contributed by atoms with Gasteiger partial charge in [-0.2, -0.15) is 0 Å². The fraction of sp³-hybridized carbons (Fsp3) is 0.750. The molecule has 0 aromatic carbocycles. The Morgan fingerprint density at radius 1 is 1.53 bits per heavy atom. The van der Waals surface area contributed by atoms with Crippen molar-refractivity contribution in [2.75, 3.05) is 20.5 Å². The fourth-order valence-corrected chi connectivity index (χ4v) is 1.31. The van der Waals surface area contributed by atoms with E-state index in [9.17, 15) is 9.90 Å². The summed E-state index contributed by atoms with van der Waals surface area (Å²) in [5, 5.41) is 9.65. The quantitative estimate of drug-likeness (QED) is 0.367. The molecule has 0 aromatic rings. The molecule has 98 valence electrons. The Morgan fingerprint density at radius 2 is 2.24 bits per heavy atom. The Bertz CT molecular complexity index is 246. The van der Waals surface area contributed by atoms with E-state index in [0.29, 0.717) is 13.0 Å². The number of ether oxygens (including phenoxy) is 3. The molecule has 1 unspecified atom stereocenters. The number of rotatable bonds is 9. The molecule has 0 fully saturated rings. The topological polar surface area (TPSA) is 65.0 Å². The minimum absolute atomic E-state index is 0.0503. The Hall–Kier alpha value is -1.09. The van der Waals surface area contributed by atoms with E-state index in [4.69, 9.17) is 20.6 Å². The van der Waals surface area contributed by atoms with E-state index in [1.807, 2.05) is 0 Å². The van der Waals surface area contributed by atoms with Gasteiger partial charge >= 0.3 is 5.97 Å². The fourth-order valence-electron chi connectivity index (χ4n) is 1.31. The predicted molar refractivity (Wildman–Crippen MR) is 62.1 cm³/mol. The lowest BCUT2D eigenvalue weighted by Crippen LogP contribution is -2.24. The molecule has 0 bridgehead atoms. The zero-order valence-electron chi connectivity index (χ0n) is 10.3. The Balaban J connectivity index is 3.98. The summed E-state index contributed by atoms with van der Waals surface area (Å²) in [6, 6.07) is 0. The maximum Gasteiger partial charge on any atom is 0.308 e. The number of aliphatic hydroxyl groups excluding tert-OH is 1. The van der Waals surface area contributed by atoms with E-state index in [1.165, 1.54) is 7.11 Å². The molecule has 0 rings (SSSR count). The molecule has 0 radical (unpaired) electrons. The third kappa shape index (κ3) is 8.69. The van der Waals surface area contributed by atoms with Gasteiger partial charge in [0.2, 0.25) is 0 Å². The second-order valence-electron chi connectivity index (χ2n) is 3.50. The molecular weight excluding hydrogens is 224 g/mol. The minimum atomic E-state index is -0.816. The molecule has 0 aromatic heterocycles. The number of carbonyl (C=O) groups is 1. The van der Waals surface area contributed by atoms with E-state index in [2.05, 4.69) is 5.92 Å². The zero-order chi connectivity index (χ0) is 13.1. The van der Waals surface area contributed by atoms with Crippen molar-refractivity contribution in [3.63, 3.8) is 0 Å². The number of esters is 1. The first kappa shape index (κ1) is 15.9. The van der Waals surface area contributed by atoms with Gasteiger partial charge in [-0.3, -0.25) is 4.79 Å². The molecule has 0 heterocycles. The van der Waals surface area contributed by atoms with Crippen LogP contribution < -0.4 is 0 Å². The molecule has 0 saturated carbocycles. The van der Waals surface area contributed by atoms with Gasteiger partial charge in [-0.05, 0) is 6.92 Å². The molecule has 0 amide bonds. The van der Waals surface area contributed by atoms with E-state index in [0.717, 1.165) is 0 Å². The Labute approximate surface area is 102 Å². The summed E-state index contributed by atoms with van der Waals surface area (Å²) in [5.74, 6) is 2.03. The van der Waals surface area contributed by atoms with Crippen LogP contribution in [0, 0.1) is 12.3 Å². The summed E-state index contributed by atoms with van der Waals surface area (Å²) in [6.07, 6.45) is 4.65. The number of terminal acetylenes is 1. The van der Waals surface area contributed by atoms with Crippen LogP contribution in [0.4, 0.5) is 0 Å². The third-order valence-electron chi connectivity index (χ3n) is 2.01. The number of aliphatic hydroxyl groups is 1. The van der Waals surface area contributed by atoms with Gasteiger partial charge in [-0.25, -0.2) is 0 Å². The molecule has 0 aliphatic carbocycles. The van der Waals surface area contributed by atoms with Crippen molar-refractivity contribution >= 4 is 5.97 Å². The molecule has 2 atom stereocenters. The Kier molecular flexibility index (Phi) is 9.44. The first-order chi connectivity index (χ1) is 8.13. The second kappa shape index (κ2) is 10.1. The summed E-state index contributed by atoms with van der Waals surface area (Å²) in [4.78, 5) is 11.1. The number of methoxy groups -OCH3 is 1. The molecule has 0 aliphatic rings. The van der Waals surface area contributed by atoms with Crippen LogP contribution in [0.25, 0.3) is 0 Å². The average molecular weight is 244 g/mol. The van der Waals surface area contributed by atoms with Crippen LogP contribution in [0.1, 0.15) is 26.2 Å². The van der Waals surface area contributed by atoms with Gasteiger partial charge in [-0.15, -0.1) is 12.3 Å². The number of carbonyl (C=O) groups excluding carboxylic acids is 1. The van der Waals surface area contributed by atoms with E-state index in [-0.39, 0.29) is 25.7 Å². The largest absolute Gasteiger partial charge is 0.466 e. The van der Waals surface area contributed by atoms with E-state index in [1.54, 1.807) is 6.92 Å². The maximum atomic E-state index is 11.1. The first-order valence-corrected chi connectivity index (χ1v) is 5.51. The first-order valence-electron chi connectivity index (χ1n) is 5.51. The average Bonchev–Trinajstić information content (AvgIpc) is 2.26. The number of hydrogen-bond acceptors (Lipinski definition) is 5. The van der Waals surface area contributed by atoms with Gasteiger partial charge < -0.3 is 19.3 Å². The van der Waals surface area contributed by atoms with Crippen LogP contribution in [0.15, 0.2) is 0 Å². The third-order valence-corrected chi connectivity index (χ3v) is 2.01. The summed E-state index contributed by atoms with van der Waals surface area (Å²) in [5.41, 5.74) is 0. The Morgan fingerprint density at radius 3 is 2.76 bits per heavy atom. The van der Waals surface area contributed by atoms with Crippen LogP contribution in [0.5, 0.6) is 0 Å². The molecule has 0 aliphatic heterocycles. The van der Waals surface area contributed by atoms with Crippen molar-refractivity contribution in [1.82, 2.24) is 0 Å². The highest BCUT2D eigenvalue weighted by atomic mass is 16.7. The van der Waals surface area contributed by atoms with Crippen LogP contribution in [-0.2, 0) is 19.0 Å². The van der Waals surface area contributed by atoms with Gasteiger partial charge in [0.1, 0.15) is 6.79 Å². The van der Waals surface area contributed by atoms with Crippen LogP contribution >= 0.6 is 0 Å². The van der Waals surface area contributed by atoms with Gasteiger partial charge in [-0.1, -0.05) is 0 Å². The van der Waals surface area contributed by atoms with Gasteiger partial charge in [0, 0.05) is 20.0 Å². The van der Waals surface area contributed by atoms with E-state index < -0.39 is 12.1 Å². The molecule has 0 spiro atoms. The standard InChI is InChI=1S/C12H20O5/c1-4-6-11(17-9-15-3)7-10(13)8-12(14)16-5-2/h1,10-11,13H,5-9H2,2-3H3/t10?,11-/m1/s1. The molecule has 0 saturated heterocycles. The number of hydrogen-bond donors (Lipinski definition) is 1. The van der Waals surface area contributed by atoms with Crippen molar-refractivity contribution in [2.24, 2.45) is 0 Å². The van der Waals surface area contributed by atoms with Crippen LogP contribution in [0.3, 0.4) is 0 Å². The van der Waals surface area contributed by atoms with Crippen molar-refractivity contribution in [1.29, 1.82) is 0 Å². The molecular formula is C12H20O5. The minimum Gasteiger partial charge on any atom is -0.466 e. The van der Waals surface area contributed by atoms with Crippen molar-refractivity contribution in [3.05, 3.63) is 0 Å². The summed E-state index contributed by atoms with van der Waals surface area (Å²) in [6.45, 7) is 2.13. The van der Waals surface area contributed by atoms with Gasteiger partial charge in [0.05, 0.1) is 25.2 Å². The van der Waals surface area contributed by atoms with Crippen LogP contribution in [0.2, 0.25) is 0 Å². The SMILES string of the molecule is C#CC[C@H](CC(O)CC(=O)OCC)OCOC. The summed E-state index contributed by atoms with van der Waals surface area (Å²) in [7, 11) is 1.50. The molecule has 5 heteroatoms. The van der Waals surface area contributed by atoms with E-state index >= 15 is 0 Å². The summed E-state index contributed by atoms with van der Waals surface area (Å²) >= 11 is 0. The molecule has 17 heavy (non-hydrogen) atoms. The smallest absolute Gasteiger partial charge is 0.308 e. The normalized spacial score (nSPS) is 13.8. The highest BCUT2D eigenvalue weighted by Gasteiger charge is 2.17. The molecule has 1 N–H and O–H groups in total. The lowest BCUT2D eigenvalue weighted by molar-refractivity contribution is -0.146. The predicted octanol–water partition coefficient (Wildman–Crippen LogP) is 0.703. The van der Waals surface area contributed by atoms with Crippen LogP contribution in [-0.4, -0.2) is 43.8 Å². The summed E-state index contributed by atoms with van der Waals surface area (Å²) < 4.78 is 14.8. The van der Waals surface area contributed by atoms with Gasteiger partial charge in [0.25, 0.3) is 0 Å². The second-order valence-corrected chi connectivity index (χ2v) is 3.50. The maximum absolute atomic E-state index is 11.1. The highest BCUT2D eigenvalue weighted by Crippen LogP contribution is 2.10. The lowest BCUT2D eigenvalue weighted by atomic mass is 10.1. The highest BCUT2D eigenvalue weighted by molar-refractivity contribution is 5.69.